The molecule has 11 heteroatoms. The quantitative estimate of drug-likeness (QED) is 0.0330. The van der Waals surface area contributed by atoms with Gasteiger partial charge in [0.05, 0.1) is 19.6 Å². The topological polar surface area (TPSA) is 119 Å². The second-order valence-electron chi connectivity index (χ2n) is 20.1. The minimum absolute atomic E-state index is 0.0680. The van der Waals surface area contributed by atoms with Crippen LogP contribution in [0.25, 0.3) is 0 Å². The van der Waals surface area contributed by atoms with Gasteiger partial charge in [0.15, 0.2) is 6.10 Å². The second kappa shape index (κ2) is 36.2. The van der Waals surface area contributed by atoms with Gasteiger partial charge in [-0.05, 0) is 63.6 Å². The van der Waals surface area contributed by atoms with Crippen molar-refractivity contribution in [2.75, 3.05) is 32.8 Å². The third-order valence-electron chi connectivity index (χ3n) is 14.4. The van der Waals surface area contributed by atoms with Crippen molar-refractivity contribution in [3.05, 3.63) is 0 Å². The molecular weight excluding hydrogens is 835 g/mol. The molecule has 6 atom stereocenters. The van der Waals surface area contributed by atoms with Gasteiger partial charge in [0, 0.05) is 19.3 Å². The van der Waals surface area contributed by atoms with E-state index in [4.69, 9.17) is 33.2 Å². The van der Waals surface area contributed by atoms with Gasteiger partial charge in [0.2, 0.25) is 6.29 Å². The molecule has 3 fully saturated rings. The van der Waals surface area contributed by atoms with Crippen LogP contribution in [-0.4, -0.2) is 92.3 Å². The summed E-state index contributed by atoms with van der Waals surface area (Å²) in [6.07, 6.45) is 31.1. The van der Waals surface area contributed by atoms with Crippen molar-refractivity contribution in [1.29, 1.82) is 0 Å². The summed E-state index contributed by atoms with van der Waals surface area (Å²) in [6.45, 7) is 16.0. The number of ether oxygens (including phenoxy) is 7. The van der Waals surface area contributed by atoms with Crippen molar-refractivity contribution >= 4 is 17.9 Å². The average molecular weight is 936 g/mol. The van der Waals surface area contributed by atoms with Crippen LogP contribution in [0.5, 0.6) is 0 Å². The summed E-state index contributed by atoms with van der Waals surface area (Å²) in [7, 11) is 0. The minimum atomic E-state index is -1.49. The Kier molecular flexibility index (Phi) is 32.1. The highest BCUT2D eigenvalue weighted by Gasteiger charge is 2.64. The maximum absolute atomic E-state index is 14.0. The van der Waals surface area contributed by atoms with Gasteiger partial charge >= 0.3 is 17.9 Å². The molecule has 0 radical (unpaired) electrons. The van der Waals surface area contributed by atoms with E-state index in [-0.39, 0.29) is 43.9 Å². The van der Waals surface area contributed by atoms with Crippen LogP contribution in [0.15, 0.2) is 0 Å². The van der Waals surface area contributed by atoms with Crippen LogP contribution in [0, 0.1) is 11.8 Å². The molecule has 11 nitrogen and oxygen atoms in total. The number of rotatable bonds is 43. The van der Waals surface area contributed by atoms with Crippen molar-refractivity contribution < 1.29 is 47.5 Å². The molecule has 386 valence electrons. The van der Waals surface area contributed by atoms with Crippen molar-refractivity contribution in [1.82, 2.24) is 4.90 Å². The zero-order valence-corrected chi connectivity index (χ0v) is 43.4. The monoisotopic (exact) mass is 936 g/mol. The van der Waals surface area contributed by atoms with Crippen molar-refractivity contribution in [2.45, 2.75) is 290 Å². The number of carbonyl (C=O) groups is 3. The Bertz CT molecular complexity index is 1220. The number of nitrogens with zero attached hydrogens (tertiary/aromatic N) is 1. The Morgan fingerprint density at radius 3 is 1.48 bits per heavy atom. The summed E-state index contributed by atoms with van der Waals surface area (Å²) in [5.74, 6) is -1.89. The molecule has 0 aromatic heterocycles. The summed E-state index contributed by atoms with van der Waals surface area (Å²) in [4.78, 5) is 43.0. The molecule has 3 rings (SSSR count). The number of carbonyl (C=O) groups excluding carboxylic acids is 3. The largest absolute Gasteiger partial charge is 0.465 e. The van der Waals surface area contributed by atoms with Gasteiger partial charge in [0.1, 0.15) is 18.3 Å². The summed E-state index contributed by atoms with van der Waals surface area (Å²) in [6, 6.07) is 0. The number of unbranched alkanes of at least 4 members (excludes halogenated alkanes) is 20. The van der Waals surface area contributed by atoms with E-state index in [1.807, 2.05) is 0 Å². The molecule has 0 saturated carbocycles. The maximum atomic E-state index is 14.0. The van der Waals surface area contributed by atoms with Crippen molar-refractivity contribution in [2.24, 2.45) is 11.8 Å². The number of hydrogen-bond donors (Lipinski definition) is 0. The highest BCUT2D eigenvalue weighted by molar-refractivity contribution is 5.71. The first-order chi connectivity index (χ1) is 32.2. The third-order valence-corrected chi connectivity index (χ3v) is 14.4. The van der Waals surface area contributed by atoms with Crippen LogP contribution in [0.1, 0.15) is 253 Å². The highest BCUT2D eigenvalue weighted by atomic mass is 16.9. The van der Waals surface area contributed by atoms with Crippen LogP contribution in [0.2, 0.25) is 0 Å². The van der Waals surface area contributed by atoms with Crippen LogP contribution in [-0.2, 0) is 47.5 Å². The van der Waals surface area contributed by atoms with Gasteiger partial charge in [-0.2, -0.15) is 0 Å². The van der Waals surface area contributed by atoms with E-state index in [1.54, 1.807) is 0 Å². The van der Waals surface area contributed by atoms with E-state index in [9.17, 15) is 14.4 Å². The molecule has 3 aliphatic heterocycles. The molecule has 3 heterocycles. The molecular formula is C55H101NO10. The second-order valence-corrected chi connectivity index (χ2v) is 20.1. The van der Waals surface area contributed by atoms with Gasteiger partial charge in [-0.1, -0.05) is 196 Å². The van der Waals surface area contributed by atoms with Crippen molar-refractivity contribution in [3.8, 4) is 0 Å². The lowest BCUT2D eigenvalue weighted by Gasteiger charge is -2.41. The zero-order valence-electron chi connectivity index (χ0n) is 43.4. The first-order valence-corrected chi connectivity index (χ1v) is 28.1. The first kappa shape index (κ1) is 58.5. The Balaban J connectivity index is 1.66. The summed E-state index contributed by atoms with van der Waals surface area (Å²) in [5.41, 5.74) is 0. The fourth-order valence-electron chi connectivity index (χ4n) is 10.2. The van der Waals surface area contributed by atoms with Gasteiger partial charge < -0.3 is 38.1 Å². The van der Waals surface area contributed by atoms with Gasteiger partial charge in [-0.3, -0.25) is 14.4 Å². The van der Waals surface area contributed by atoms with E-state index in [0.29, 0.717) is 25.2 Å². The molecule has 0 aromatic rings. The van der Waals surface area contributed by atoms with E-state index < -0.39 is 42.6 Å². The molecule has 0 aliphatic carbocycles. The number of esters is 3. The minimum Gasteiger partial charge on any atom is -0.465 e. The summed E-state index contributed by atoms with van der Waals surface area (Å²) in [5, 5.41) is 0. The lowest BCUT2D eigenvalue weighted by Crippen LogP contribution is -2.60. The van der Waals surface area contributed by atoms with E-state index in [2.05, 4.69) is 46.4 Å². The van der Waals surface area contributed by atoms with Crippen molar-refractivity contribution in [3.63, 3.8) is 0 Å². The maximum Gasteiger partial charge on any atom is 0.308 e. The van der Waals surface area contributed by atoms with Gasteiger partial charge in [-0.25, -0.2) is 0 Å². The average Bonchev–Trinajstić information content (AvgIpc) is 3.65. The van der Waals surface area contributed by atoms with Gasteiger partial charge in [-0.15, -0.1) is 0 Å². The SMILES string of the molecule is CCCCCCCCC(CCCCCCCC)CC(=O)OCCC12OCC3OC(OC(=O)CCCN(CC)CC)C(OC(=O)CC(CCCCCCCC)CCCCCCCC)C(O1)C3O2. The Hall–Kier alpha value is -1.79. The third kappa shape index (κ3) is 23.7. The fourth-order valence-corrected chi connectivity index (χ4v) is 10.2. The highest BCUT2D eigenvalue weighted by Crippen LogP contribution is 2.45. The Morgan fingerprint density at radius 1 is 0.545 bits per heavy atom. The molecule has 3 aliphatic rings. The Labute approximate surface area is 403 Å². The van der Waals surface area contributed by atoms with E-state index in [0.717, 1.165) is 71.0 Å². The lowest BCUT2D eigenvalue weighted by molar-refractivity contribution is -0.378. The summed E-state index contributed by atoms with van der Waals surface area (Å²) >= 11 is 0. The Morgan fingerprint density at radius 2 is 1.00 bits per heavy atom. The molecule has 6 unspecified atom stereocenters. The molecule has 0 aromatic carbocycles. The normalized spacial score (nSPS) is 22.4. The fraction of sp³-hybridized carbons (Fsp3) is 0.945. The van der Waals surface area contributed by atoms with E-state index >= 15 is 0 Å². The first-order valence-electron chi connectivity index (χ1n) is 28.1. The van der Waals surface area contributed by atoms with Crippen LogP contribution in [0.4, 0.5) is 0 Å². The van der Waals surface area contributed by atoms with Crippen LogP contribution >= 0.6 is 0 Å². The molecule has 0 spiro atoms. The molecule has 2 bridgehead atoms. The predicted molar refractivity (Wildman–Crippen MR) is 264 cm³/mol. The zero-order chi connectivity index (χ0) is 47.7. The van der Waals surface area contributed by atoms with Crippen LogP contribution in [0.3, 0.4) is 0 Å². The van der Waals surface area contributed by atoms with Crippen LogP contribution < -0.4 is 0 Å². The molecule has 0 amide bonds. The molecule has 3 saturated heterocycles. The smallest absolute Gasteiger partial charge is 0.308 e. The molecule has 0 N–H and O–H groups in total. The molecule has 66 heavy (non-hydrogen) atoms. The standard InChI is InChI=1S/C55H101NO10/c1-7-13-17-21-25-29-34-45(35-30-26-22-18-14-8-2)42-49(58)60-41-39-55-61-44-47-51(65-55)52(66-55)53(54(62-47)64-48(57)38-33-40-56(11-5)12-6)63-50(59)43-46(36-31-27-23-19-15-9-3)37-32-28-24-20-16-10-4/h45-47,51-54H,7-44H2,1-6H3. The number of fused-ring (bicyclic) bond motifs is 1. The summed E-state index contributed by atoms with van der Waals surface area (Å²) < 4.78 is 43.9. The lowest BCUT2D eigenvalue weighted by atomic mass is 9.91. The predicted octanol–water partition coefficient (Wildman–Crippen LogP) is 13.7. The van der Waals surface area contributed by atoms with Gasteiger partial charge in [0.25, 0.3) is 5.97 Å². The number of hydrogen-bond acceptors (Lipinski definition) is 11. The van der Waals surface area contributed by atoms with E-state index in [1.165, 1.54) is 128 Å².